The summed E-state index contributed by atoms with van der Waals surface area (Å²) in [5, 5.41) is 2.44. The third-order valence-corrected chi connectivity index (χ3v) is 3.85. The molecule has 100 valence electrons. The highest BCUT2D eigenvalue weighted by Crippen LogP contribution is 2.33. The zero-order chi connectivity index (χ0) is 14.4. The van der Waals surface area contributed by atoms with E-state index in [-0.39, 0.29) is 10.7 Å². The monoisotopic (exact) mass is 392 g/mol. The molecule has 2 rings (SSSR count). The Hall–Kier alpha value is -1.15. The standard InChI is InChI=1S/C12H10ClIN2O3/c1-12(2)9(17)15-11(19)16(10(12)18)8-4-3-6(14)5-7(8)13/h3-5H,1-2H3,(H,15,17,19). The van der Waals surface area contributed by atoms with Crippen LogP contribution in [-0.2, 0) is 9.59 Å². The summed E-state index contributed by atoms with van der Waals surface area (Å²) in [7, 11) is 0. The predicted molar refractivity (Wildman–Crippen MR) is 79.0 cm³/mol. The molecular weight excluding hydrogens is 383 g/mol. The fraction of sp³-hybridized carbons (Fsp3) is 0.250. The Morgan fingerprint density at radius 2 is 1.89 bits per heavy atom. The van der Waals surface area contributed by atoms with E-state index >= 15 is 0 Å². The van der Waals surface area contributed by atoms with Crippen molar-refractivity contribution in [3.63, 3.8) is 0 Å². The number of amides is 4. The van der Waals surface area contributed by atoms with Gasteiger partial charge in [0.25, 0.3) is 0 Å². The van der Waals surface area contributed by atoms with Crippen LogP contribution in [0.1, 0.15) is 13.8 Å². The molecule has 1 aliphatic heterocycles. The highest BCUT2D eigenvalue weighted by atomic mass is 127. The van der Waals surface area contributed by atoms with Crippen molar-refractivity contribution in [3.05, 3.63) is 26.8 Å². The van der Waals surface area contributed by atoms with E-state index in [9.17, 15) is 14.4 Å². The van der Waals surface area contributed by atoms with Gasteiger partial charge in [-0.2, -0.15) is 0 Å². The average Bonchev–Trinajstić information content (AvgIpc) is 2.30. The molecular formula is C12H10ClIN2O3. The lowest BCUT2D eigenvalue weighted by atomic mass is 9.88. The Kier molecular flexibility index (Phi) is 3.57. The van der Waals surface area contributed by atoms with Crippen molar-refractivity contribution in [1.82, 2.24) is 5.32 Å². The van der Waals surface area contributed by atoms with Gasteiger partial charge in [-0.1, -0.05) is 11.6 Å². The molecule has 0 aromatic heterocycles. The number of nitrogens with one attached hydrogen (secondary N) is 1. The average molecular weight is 393 g/mol. The third-order valence-electron chi connectivity index (χ3n) is 2.88. The van der Waals surface area contributed by atoms with Crippen LogP contribution in [0.15, 0.2) is 18.2 Å². The molecule has 7 heteroatoms. The SMILES string of the molecule is CC1(C)C(=O)NC(=O)N(c2ccc(I)cc2Cl)C1=O. The van der Waals surface area contributed by atoms with Crippen LogP contribution < -0.4 is 10.2 Å². The van der Waals surface area contributed by atoms with E-state index in [1.54, 1.807) is 18.2 Å². The third kappa shape index (κ3) is 2.34. The Morgan fingerprint density at radius 3 is 2.47 bits per heavy atom. The first-order chi connectivity index (χ1) is 8.75. The Bertz CT molecular complexity index is 601. The minimum atomic E-state index is -1.31. The normalized spacial score (nSPS) is 18.5. The maximum Gasteiger partial charge on any atom is 0.335 e. The molecule has 1 aromatic rings. The highest BCUT2D eigenvalue weighted by molar-refractivity contribution is 14.1. The lowest BCUT2D eigenvalue weighted by Gasteiger charge is -2.34. The van der Waals surface area contributed by atoms with E-state index in [0.29, 0.717) is 0 Å². The van der Waals surface area contributed by atoms with Gasteiger partial charge in [0, 0.05) is 3.57 Å². The number of anilines is 1. The van der Waals surface area contributed by atoms with E-state index in [4.69, 9.17) is 11.6 Å². The largest absolute Gasteiger partial charge is 0.335 e. The summed E-state index contributed by atoms with van der Waals surface area (Å²) in [6.45, 7) is 2.93. The number of nitrogens with zero attached hydrogens (tertiary/aromatic N) is 1. The molecule has 0 unspecified atom stereocenters. The molecule has 1 heterocycles. The fourth-order valence-electron chi connectivity index (χ4n) is 1.66. The number of hydrogen-bond donors (Lipinski definition) is 1. The first kappa shape index (κ1) is 14.3. The summed E-state index contributed by atoms with van der Waals surface area (Å²) in [5.74, 6) is -1.20. The molecule has 0 saturated carbocycles. The van der Waals surface area contributed by atoms with Crippen LogP contribution >= 0.6 is 34.2 Å². The van der Waals surface area contributed by atoms with Crippen molar-refractivity contribution in [1.29, 1.82) is 0 Å². The first-order valence-corrected chi connectivity index (χ1v) is 6.86. The molecule has 0 radical (unpaired) electrons. The summed E-state index contributed by atoms with van der Waals surface area (Å²) in [6, 6.07) is 4.16. The van der Waals surface area contributed by atoms with Crippen molar-refractivity contribution in [2.24, 2.45) is 5.41 Å². The Balaban J connectivity index is 2.52. The van der Waals surface area contributed by atoms with Crippen molar-refractivity contribution < 1.29 is 14.4 Å². The van der Waals surface area contributed by atoms with E-state index in [1.807, 2.05) is 0 Å². The number of carbonyl (C=O) groups is 3. The first-order valence-electron chi connectivity index (χ1n) is 5.40. The van der Waals surface area contributed by atoms with Gasteiger partial charge >= 0.3 is 6.03 Å². The summed E-state index contributed by atoms with van der Waals surface area (Å²) in [6.07, 6.45) is 0. The Labute approximate surface area is 128 Å². The highest BCUT2D eigenvalue weighted by Gasteiger charge is 2.48. The van der Waals surface area contributed by atoms with Crippen molar-refractivity contribution in [2.45, 2.75) is 13.8 Å². The maximum absolute atomic E-state index is 12.3. The lowest BCUT2D eigenvalue weighted by molar-refractivity contribution is -0.140. The molecule has 1 aromatic carbocycles. The van der Waals surface area contributed by atoms with Crippen LogP contribution in [0.2, 0.25) is 5.02 Å². The van der Waals surface area contributed by atoms with Crippen molar-refractivity contribution >= 4 is 57.7 Å². The number of carbonyl (C=O) groups excluding carboxylic acids is 3. The van der Waals surface area contributed by atoms with Gasteiger partial charge in [-0.05, 0) is 54.6 Å². The molecule has 4 amide bonds. The minimum Gasteiger partial charge on any atom is -0.276 e. The van der Waals surface area contributed by atoms with Gasteiger partial charge < -0.3 is 0 Å². The predicted octanol–water partition coefficient (Wildman–Crippen LogP) is 2.55. The van der Waals surface area contributed by atoms with Gasteiger partial charge in [0.15, 0.2) is 0 Å². The number of halogens is 2. The number of rotatable bonds is 1. The maximum atomic E-state index is 12.3. The number of barbiturate groups is 1. The summed E-state index contributed by atoms with van der Waals surface area (Å²) in [5.41, 5.74) is -1.04. The van der Waals surface area contributed by atoms with Crippen molar-refractivity contribution in [3.8, 4) is 0 Å². The second-order valence-corrected chi connectivity index (χ2v) is 6.27. The van der Waals surface area contributed by atoms with Crippen LogP contribution in [0.25, 0.3) is 0 Å². The molecule has 1 saturated heterocycles. The van der Waals surface area contributed by atoms with Crippen LogP contribution in [0.4, 0.5) is 10.5 Å². The van der Waals surface area contributed by atoms with Gasteiger partial charge in [0.1, 0.15) is 5.41 Å². The van der Waals surface area contributed by atoms with Crippen LogP contribution in [0, 0.1) is 8.99 Å². The topological polar surface area (TPSA) is 66.5 Å². The number of hydrogen-bond acceptors (Lipinski definition) is 3. The summed E-state index contributed by atoms with van der Waals surface area (Å²) in [4.78, 5) is 36.7. The molecule has 0 atom stereocenters. The zero-order valence-electron chi connectivity index (χ0n) is 10.2. The molecule has 5 nitrogen and oxygen atoms in total. The molecule has 1 fully saturated rings. The second kappa shape index (κ2) is 4.75. The van der Waals surface area contributed by atoms with E-state index < -0.39 is 23.3 Å². The molecule has 1 aliphatic rings. The molecule has 1 N–H and O–H groups in total. The smallest absolute Gasteiger partial charge is 0.276 e. The van der Waals surface area contributed by atoms with Gasteiger partial charge in [-0.15, -0.1) is 0 Å². The molecule has 0 aliphatic carbocycles. The molecule has 0 bridgehead atoms. The van der Waals surface area contributed by atoms with E-state index in [2.05, 4.69) is 27.9 Å². The zero-order valence-corrected chi connectivity index (χ0v) is 13.1. The van der Waals surface area contributed by atoms with E-state index in [1.165, 1.54) is 13.8 Å². The minimum absolute atomic E-state index is 0.269. The Morgan fingerprint density at radius 1 is 1.26 bits per heavy atom. The van der Waals surface area contributed by atoms with Gasteiger partial charge in [-0.25, -0.2) is 9.69 Å². The van der Waals surface area contributed by atoms with Crippen LogP contribution in [-0.4, -0.2) is 17.8 Å². The number of benzene rings is 1. The van der Waals surface area contributed by atoms with Crippen LogP contribution in [0.5, 0.6) is 0 Å². The molecule has 0 spiro atoms. The molecule has 19 heavy (non-hydrogen) atoms. The van der Waals surface area contributed by atoms with Gasteiger partial charge in [-0.3, -0.25) is 14.9 Å². The summed E-state index contributed by atoms with van der Waals surface area (Å²) < 4.78 is 0.881. The van der Waals surface area contributed by atoms with Gasteiger partial charge in [0.2, 0.25) is 11.8 Å². The summed E-state index contributed by atoms with van der Waals surface area (Å²) >= 11 is 8.13. The lowest BCUT2D eigenvalue weighted by Crippen LogP contribution is -2.62. The number of imide groups is 2. The quantitative estimate of drug-likeness (QED) is 0.590. The number of urea groups is 1. The second-order valence-electron chi connectivity index (χ2n) is 4.62. The van der Waals surface area contributed by atoms with E-state index in [0.717, 1.165) is 8.47 Å². The van der Waals surface area contributed by atoms with Gasteiger partial charge in [0.05, 0.1) is 10.7 Å². The fourth-order valence-corrected chi connectivity index (χ4v) is 2.60. The van der Waals surface area contributed by atoms with Crippen LogP contribution in [0.3, 0.4) is 0 Å². The van der Waals surface area contributed by atoms with Crippen molar-refractivity contribution in [2.75, 3.05) is 4.90 Å².